The second-order valence-electron chi connectivity index (χ2n) is 7.83. The van der Waals surface area contributed by atoms with E-state index in [2.05, 4.69) is 37.0 Å². The monoisotopic (exact) mass is 539 g/mol. The minimum atomic E-state index is -0.918. The van der Waals surface area contributed by atoms with Gasteiger partial charge in [-0.05, 0) is 65.9 Å². The van der Waals surface area contributed by atoms with E-state index in [1.165, 1.54) is 17.3 Å². The fourth-order valence-electron chi connectivity index (χ4n) is 3.57. The molecule has 3 amide bonds. The van der Waals surface area contributed by atoms with E-state index < -0.39 is 11.9 Å². The van der Waals surface area contributed by atoms with E-state index in [1.807, 2.05) is 6.92 Å². The molecule has 168 valence electrons. The number of carbonyl (C=O) groups excluding carboxylic acids is 3. The van der Waals surface area contributed by atoms with Gasteiger partial charge in [0.05, 0.1) is 22.7 Å². The van der Waals surface area contributed by atoms with Crippen molar-refractivity contribution in [2.45, 2.75) is 38.3 Å². The lowest BCUT2D eigenvalue weighted by atomic mass is 10.1. The van der Waals surface area contributed by atoms with E-state index in [1.54, 1.807) is 18.2 Å². The molecule has 0 spiro atoms. The van der Waals surface area contributed by atoms with E-state index in [0.717, 1.165) is 12.8 Å². The van der Waals surface area contributed by atoms with Crippen LogP contribution in [0.5, 0.6) is 0 Å². The Bertz CT molecular complexity index is 1100. The average Bonchev–Trinajstić information content (AvgIpc) is 3.52. The van der Waals surface area contributed by atoms with Crippen molar-refractivity contribution >= 4 is 68.4 Å². The molecule has 2 aliphatic rings. The fraction of sp³-hybridized carbons (Fsp3) is 0.333. The van der Waals surface area contributed by atoms with Crippen LogP contribution in [0.2, 0.25) is 10.0 Å². The van der Waals surface area contributed by atoms with E-state index in [9.17, 15) is 14.4 Å². The van der Waals surface area contributed by atoms with E-state index in [0.29, 0.717) is 15.4 Å². The van der Waals surface area contributed by atoms with Gasteiger partial charge in [-0.1, -0.05) is 23.2 Å². The van der Waals surface area contributed by atoms with Crippen molar-refractivity contribution in [1.29, 1.82) is 0 Å². The third kappa shape index (κ3) is 4.84. The third-order valence-electron chi connectivity index (χ3n) is 5.44. The van der Waals surface area contributed by atoms with Crippen LogP contribution in [0, 0.1) is 5.92 Å². The standard InChI is InChI=1S/C21H20BrCl2N5O3/c1-10(11-4-5-11)26-20(31)13-7-12(23)8-14(22)18(13)27-21(32)16-9-17(30)28-29(16)19-15(24)3-2-6-25-19/h2-3,6-8,10-11,16H,4-5,9H2,1H3,(H,26,31)(H,27,32)(H,28,30). The Kier molecular flexibility index (Phi) is 6.60. The number of nitrogens with one attached hydrogen (secondary N) is 3. The smallest absolute Gasteiger partial charge is 0.253 e. The zero-order valence-electron chi connectivity index (χ0n) is 17.0. The summed E-state index contributed by atoms with van der Waals surface area (Å²) >= 11 is 15.8. The van der Waals surface area contributed by atoms with Crippen LogP contribution in [0.4, 0.5) is 11.5 Å². The first kappa shape index (κ1) is 22.8. The lowest BCUT2D eigenvalue weighted by Gasteiger charge is -2.25. The van der Waals surface area contributed by atoms with Crippen LogP contribution < -0.4 is 21.1 Å². The van der Waals surface area contributed by atoms with Gasteiger partial charge >= 0.3 is 0 Å². The Labute approximate surface area is 203 Å². The molecule has 2 fully saturated rings. The molecule has 1 aliphatic carbocycles. The summed E-state index contributed by atoms with van der Waals surface area (Å²) in [5, 5.41) is 7.71. The summed E-state index contributed by atoms with van der Waals surface area (Å²) in [7, 11) is 0. The molecule has 0 radical (unpaired) electrons. The number of hydrogen-bond donors (Lipinski definition) is 3. The van der Waals surface area contributed by atoms with Gasteiger partial charge in [-0.2, -0.15) is 0 Å². The van der Waals surface area contributed by atoms with Crippen molar-refractivity contribution < 1.29 is 14.4 Å². The second-order valence-corrected chi connectivity index (χ2v) is 9.53. The molecule has 0 bridgehead atoms. The number of hydrogen-bond acceptors (Lipinski definition) is 5. The summed E-state index contributed by atoms with van der Waals surface area (Å²) in [6, 6.07) is 5.45. The van der Waals surface area contributed by atoms with Gasteiger partial charge in [-0.15, -0.1) is 0 Å². The summed E-state index contributed by atoms with van der Waals surface area (Å²) in [5.74, 6) is -0.470. The van der Waals surface area contributed by atoms with Crippen LogP contribution in [0.25, 0.3) is 0 Å². The lowest BCUT2D eigenvalue weighted by molar-refractivity contribution is -0.121. The number of halogens is 3. The summed E-state index contributed by atoms with van der Waals surface area (Å²) in [5.41, 5.74) is 3.11. The zero-order valence-corrected chi connectivity index (χ0v) is 20.1. The van der Waals surface area contributed by atoms with Crippen LogP contribution >= 0.6 is 39.1 Å². The largest absolute Gasteiger partial charge is 0.349 e. The van der Waals surface area contributed by atoms with Gasteiger partial charge in [0, 0.05) is 21.7 Å². The highest BCUT2D eigenvalue weighted by atomic mass is 79.9. The minimum absolute atomic E-state index is 0.0160. The Morgan fingerprint density at radius 3 is 2.75 bits per heavy atom. The first-order chi connectivity index (χ1) is 15.2. The van der Waals surface area contributed by atoms with Crippen LogP contribution in [0.1, 0.15) is 36.5 Å². The number of anilines is 2. The van der Waals surface area contributed by atoms with Crippen molar-refractivity contribution in [3.8, 4) is 0 Å². The van der Waals surface area contributed by atoms with Crippen molar-refractivity contribution in [1.82, 2.24) is 15.7 Å². The molecule has 2 atom stereocenters. The van der Waals surface area contributed by atoms with Gasteiger partial charge in [0.1, 0.15) is 6.04 Å². The average molecular weight is 541 g/mol. The van der Waals surface area contributed by atoms with Crippen LogP contribution in [-0.2, 0) is 9.59 Å². The first-order valence-electron chi connectivity index (χ1n) is 10.0. The highest BCUT2D eigenvalue weighted by Crippen LogP contribution is 2.35. The molecule has 1 saturated heterocycles. The highest BCUT2D eigenvalue weighted by molar-refractivity contribution is 9.10. The molecule has 1 aromatic heterocycles. The van der Waals surface area contributed by atoms with Gasteiger partial charge in [0.2, 0.25) is 11.8 Å². The molecule has 11 heteroatoms. The molecular formula is C21H20BrCl2N5O3. The summed E-state index contributed by atoms with van der Waals surface area (Å²) in [6.45, 7) is 1.96. The Morgan fingerprint density at radius 2 is 2.06 bits per heavy atom. The number of hydrazine groups is 1. The highest BCUT2D eigenvalue weighted by Gasteiger charge is 2.38. The number of nitrogens with zero attached hydrogens (tertiary/aromatic N) is 2. The minimum Gasteiger partial charge on any atom is -0.349 e. The maximum atomic E-state index is 13.2. The molecule has 32 heavy (non-hydrogen) atoms. The van der Waals surface area contributed by atoms with Gasteiger partial charge < -0.3 is 10.6 Å². The van der Waals surface area contributed by atoms with E-state index in [4.69, 9.17) is 23.2 Å². The van der Waals surface area contributed by atoms with E-state index >= 15 is 0 Å². The Balaban J connectivity index is 1.60. The Hall–Kier alpha value is -2.36. The molecule has 2 heterocycles. The molecule has 3 N–H and O–H groups in total. The van der Waals surface area contributed by atoms with Crippen molar-refractivity contribution in [2.24, 2.45) is 5.92 Å². The Morgan fingerprint density at radius 1 is 1.31 bits per heavy atom. The molecule has 4 rings (SSSR count). The molecule has 1 aromatic carbocycles. The first-order valence-corrected chi connectivity index (χ1v) is 11.6. The van der Waals surface area contributed by atoms with Gasteiger partial charge in [-0.3, -0.25) is 24.8 Å². The van der Waals surface area contributed by atoms with Crippen molar-refractivity contribution in [3.63, 3.8) is 0 Å². The molecular weight excluding hydrogens is 521 g/mol. The summed E-state index contributed by atoms with van der Waals surface area (Å²) in [6.07, 6.45) is 3.59. The molecule has 1 aliphatic heterocycles. The van der Waals surface area contributed by atoms with Crippen LogP contribution in [0.3, 0.4) is 0 Å². The normalized spacial score (nSPS) is 18.8. The maximum Gasteiger partial charge on any atom is 0.253 e. The predicted molar refractivity (Wildman–Crippen MR) is 126 cm³/mol. The molecule has 8 nitrogen and oxygen atoms in total. The number of pyridine rings is 1. The maximum absolute atomic E-state index is 13.2. The zero-order chi connectivity index (χ0) is 23.0. The topological polar surface area (TPSA) is 103 Å². The number of amides is 3. The van der Waals surface area contributed by atoms with Crippen molar-refractivity contribution in [3.05, 3.63) is 50.5 Å². The lowest BCUT2D eigenvalue weighted by Crippen LogP contribution is -2.45. The fourth-order valence-corrected chi connectivity index (χ4v) is 4.70. The number of carbonyl (C=O) groups is 3. The number of aromatic nitrogens is 1. The van der Waals surface area contributed by atoms with Crippen LogP contribution in [-0.4, -0.2) is 34.8 Å². The second kappa shape index (κ2) is 9.25. The number of benzene rings is 1. The molecule has 2 aromatic rings. The summed E-state index contributed by atoms with van der Waals surface area (Å²) < 4.78 is 0.447. The third-order valence-corrected chi connectivity index (χ3v) is 6.58. The van der Waals surface area contributed by atoms with Crippen LogP contribution in [0.15, 0.2) is 34.9 Å². The molecule has 2 unspecified atom stereocenters. The quantitative estimate of drug-likeness (QED) is 0.515. The van der Waals surface area contributed by atoms with Crippen molar-refractivity contribution in [2.75, 3.05) is 10.3 Å². The molecule has 1 saturated carbocycles. The van der Waals surface area contributed by atoms with Gasteiger partial charge in [0.15, 0.2) is 5.82 Å². The predicted octanol–water partition coefficient (Wildman–Crippen LogP) is 3.93. The SMILES string of the molecule is CC(NC(=O)c1cc(Cl)cc(Br)c1NC(=O)C1CC(=O)NN1c1ncccc1Cl)C1CC1. The summed E-state index contributed by atoms with van der Waals surface area (Å²) in [4.78, 5) is 42.4. The number of rotatable bonds is 6. The van der Waals surface area contributed by atoms with Gasteiger partial charge in [-0.25, -0.2) is 4.98 Å². The van der Waals surface area contributed by atoms with E-state index in [-0.39, 0.29) is 46.4 Å². The van der Waals surface area contributed by atoms with Gasteiger partial charge in [0.25, 0.3) is 5.91 Å².